The van der Waals surface area contributed by atoms with E-state index in [-0.39, 0.29) is 0 Å². The van der Waals surface area contributed by atoms with Gasteiger partial charge in [-0.2, -0.15) is 0 Å². The fourth-order valence-electron chi connectivity index (χ4n) is 2.64. The summed E-state index contributed by atoms with van der Waals surface area (Å²) in [5, 5.41) is 9.20. The smallest absolute Gasteiger partial charge is 0.309 e. The molecule has 0 amide bonds. The highest BCUT2D eigenvalue weighted by Crippen LogP contribution is 2.33. The second-order valence-electron chi connectivity index (χ2n) is 6.20. The van der Waals surface area contributed by atoms with Crippen molar-refractivity contribution in [2.75, 3.05) is 0 Å². The van der Waals surface area contributed by atoms with E-state index < -0.39 is 11.4 Å². The number of aromatic nitrogens is 2. The fraction of sp³-hybridized carbons (Fsp3) is 0.667. The molecular formula is C15H22N2O2. The van der Waals surface area contributed by atoms with E-state index in [2.05, 4.69) is 9.97 Å². The Morgan fingerprint density at radius 1 is 1.37 bits per heavy atom. The Labute approximate surface area is 114 Å². The first-order chi connectivity index (χ1) is 8.88. The zero-order valence-electron chi connectivity index (χ0n) is 11.9. The van der Waals surface area contributed by atoms with E-state index in [1.54, 1.807) is 13.8 Å². The molecule has 1 aromatic heterocycles. The third-order valence-corrected chi connectivity index (χ3v) is 3.87. The van der Waals surface area contributed by atoms with Crippen LogP contribution in [0.1, 0.15) is 62.7 Å². The minimum absolute atomic E-state index is 0.379. The zero-order chi connectivity index (χ0) is 14.0. The van der Waals surface area contributed by atoms with Crippen LogP contribution in [-0.2, 0) is 11.2 Å². The summed E-state index contributed by atoms with van der Waals surface area (Å²) in [4.78, 5) is 20.2. The van der Waals surface area contributed by atoms with Crippen LogP contribution in [0.15, 0.2) is 6.07 Å². The number of carboxylic acid groups (broad SMARTS) is 1. The average molecular weight is 262 g/mol. The van der Waals surface area contributed by atoms with Gasteiger partial charge in [-0.25, -0.2) is 9.97 Å². The lowest BCUT2D eigenvalue weighted by Gasteiger charge is -2.19. The summed E-state index contributed by atoms with van der Waals surface area (Å²) in [7, 11) is 0. The number of nitrogens with zero attached hydrogens (tertiary/aromatic N) is 2. The van der Waals surface area contributed by atoms with Gasteiger partial charge in [0.2, 0.25) is 0 Å². The van der Waals surface area contributed by atoms with Gasteiger partial charge in [-0.05, 0) is 39.7 Å². The van der Waals surface area contributed by atoms with Crippen LogP contribution in [0.5, 0.6) is 0 Å². The van der Waals surface area contributed by atoms with Crippen molar-refractivity contribution in [3.63, 3.8) is 0 Å². The molecule has 1 aliphatic carbocycles. The molecule has 4 nitrogen and oxygen atoms in total. The Morgan fingerprint density at radius 2 is 2.00 bits per heavy atom. The Bertz CT molecular complexity index is 477. The highest BCUT2D eigenvalue weighted by Gasteiger charge is 2.29. The second kappa shape index (κ2) is 5.27. The monoisotopic (exact) mass is 262 g/mol. The lowest BCUT2D eigenvalue weighted by atomic mass is 9.89. The molecule has 4 heteroatoms. The molecule has 1 N–H and O–H groups in total. The first-order valence-electron chi connectivity index (χ1n) is 6.96. The van der Waals surface area contributed by atoms with Crippen molar-refractivity contribution < 1.29 is 9.90 Å². The van der Waals surface area contributed by atoms with Crippen molar-refractivity contribution in [3.05, 3.63) is 23.3 Å². The Morgan fingerprint density at radius 3 is 2.58 bits per heavy atom. The van der Waals surface area contributed by atoms with Gasteiger partial charge in [0, 0.05) is 23.7 Å². The predicted molar refractivity (Wildman–Crippen MR) is 73.1 cm³/mol. The molecular weight excluding hydrogens is 240 g/mol. The van der Waals surface area contributed by atoms with E-state index in [9.17, 15) is 9.90 Å². The zero-order valence-corrected chi connectivity index (χ0v) is 11.9. The van der Waals surface area contributed by atoms with E-state index in [1.807, 2.05) is 13.0 Å². The van der Waals surface area contributed by atoms with Gasteiger partial charge < -0.3 is 5.11 Å². The van der Waals surface area contributed by atoms with Crippen molar-refractivity contribution in [2.45, 2.75) is 58.8 Å². The number of hydrogen-bond donors (Lipinski definition) is 1. The number of hydrogen-bond acceptors (Lipinski definition) is 3. The van der Waals surface area contributed by atoms with Crippen LogP contribution in [0, 0.1) is 12.3 Å². The third kappa shape index (κ3) is 3.31. The number of carboxylic acids is 1. The number of rotatable bonds is 4. The van der Waals surface area contributed by atoms with E-state index in [4.69, 9.17) is 0 Å². The SMILES string of the molecule is Cc1cc(C2CCCC2)nc(CC(C)(C)C(=O)O)n1. The maximum atomic E-state index is 11.2. The maximum absolute atomic E-state index is 11.2. The highest BCUT2D eigenvalue weighted by molar-refractivity contribution is 5.73. The van der Waals surface area contributed by atoms with Crippen LogP contribution in [0.3, 0.4) is 0 Å². The van der Waals surface area contributed by atoms with Crippen LogP contribution in [0.25, 0.3) is 0 Å². The van der Waals surface area contributed by atoms with Crippen LogP contribution in [0.4, 0.5) is 0 Å². The summed E-state index contributed by atoms with van der Waals surface area (Å²) < 4.78 is 0. The molecule has 1 aliphatic rings. The molecule has 0 aromatic carbocycles. The maximum Gasteiger partial charge on any atom is 0.309 e. The van der Waals surface area contributed by atoms with Crippen LogP contribution in [-0.4, -0.2) is 21.0 Å². The molecule has 1 heterocycles. The van der Waals surface area contributed by atoms with Crippen molar-refractivity contribution in [2.24, 2.45) is 5.41 Å². The van der Waals surface area contributed by atoms with Gasteiger partial charge in [-0.3, -0.25) is 4.79 Å². The Kier molecular flexibility index (Phi) is 3.88. The summed E-state index contributed by atoms with van der Waals surface area (Å²) in [6.07, 6.45) is 5.30. The molecule has 0 aliphatic heterocycles. The highest BCUT2D eigenvalue weighted by atomic mass is 16.4. The second-order valence-corrected chi connectivity index (χ2v) is 6.20. The van der Waals surface area contributed by atoms with Gasteiger partial charge in [0.05, 0.1) is 5.41 Å². The minimum atomic E-state index is -0.819. The van der Waals surface area contributed by atoms with E-state index in [1.165, 1.54) is 25.7 Å². The molecule has 2 rings (SSSR count). The van der Waals surface area contributed by atoms with Gasteiger partial charge in [0.25, 0.3) is 0 Å². The Balaban J connectivity index is 2.24. The molecule has 0 bridgehead atoms. The number of aliphatic carboxylic acids is 1. The fourth-order valence-corrected chi connectivity index (χ4v) is 2.64. The largest absolute Gasteiger partial charge is 0.481 e. The standard InChI is InChI=1S/C15H22N2O2/c1-10-8-12(11-6-4-5-7-11)17-13(16-10)9-15(2,3)14(18)19/h8,11H,4-7,9H2,1-3H3,(H,18,19). The summed E-state index contributed by atoms with van der Waals surface area (Å²) in [5.74, 6) is 0.391. The van der Waals surface area contributed by atoms with Gasteiger partial charge >= 0.3 is 5.97 Å². The van der Waals surface area contributed by atoms with E-state index >= 15 is 0 Å². The molecule has 104 valence electrons. The predicted octanol–water partition coefficient (Wildman–Crippen LogP) is 3.10. The van der Waals surface area contributed by atoms with Crippen molar-refractivity contribution in [1.29, 1.82) is 0 Å². The molecule has 1 aromatic rings. The van der Waals surface area contributed by atoms with Gasteiger partial charge in [-0.1, -0.05) is 12.8 Å². The van der Waals surface area contributed by atoms with Gasteiger partial charge in [0.15, 0.2) is 0 Å². The summed E-state index contributed by atoms with van der Waals surface area (Å²) in [5.41, 5.74) is 1.22. The van der Waals surface area contributed by atoms with Crippen molar-refractivity contribution in [3.8, 4) is 0 Å². The van der Waals surface area contributed by atoms with Crippen molar-refractivity contribution >= 4 is 5.97 Å². The summed E-state index contributed by atoms with van der Waals surface area (Å²) in [6.45, 7) is 5.39. The van der Waals surface area contributed by atoms with Crippen LogP contribution < -0.4 is 0 Å². The normalized spacial score (nSPS) is 16.8. The van der Waals surface area contributed by atoms with Crippen LogP contribution in [0.2, 0.25) is 0 Å². The van der Waals surface area contributed by atoms with Gasteiger partial charge in [-0.15, -0.1) is 0 Å². The minimum Gasteiger partial charge on any atom is -0.481 e. The first-order valence-corrected chi connectivity index (χ1v) is 6.96. The molecule has 1 saturated carbocycles. The quantitative estimate of drug-likeness (QED) is 0.905. The molecule has 0 unspecified atom stereocenters. The number of aryl methyl sites for hydroxylation is 1. The lowest BCUT2D eigenvalue weighted by molar-refractivity contribution is -0.146. The third-order valence-electron chi connectivity index (χ3n) is 3.87. The Hall–Kier alpha value is -1.45. The summed E-state index contributed by atoms with van der Waals surface area (Å²) in [6, 6.07) is 2.05. The molecule has 1 fully saturated rings. The van der Waals surface area contributed by atoms with Gasteiger partial charge in [0.1, 0.15) is 5.82 Å². The number of carbonyl (C=O) groups is 1. The molecule has 0 radical (unpaired) electrons. The first kappa shape index (κ1) is 14.0. The van der Waals surface area contributed by atoms with E-state index in [0.29, 0.717) is 18.2 Å². The van der Waals surface area contributed by atoms with Crippen LogP contribution >= 0.6 is 0 Å². The van der Waals surface area contributed by atoms with Crippen molar-refractivity contribution in [1.82, 2.24) is 9.97 Å². The summed E-state index contributed by atoms with van der Waals surface area (Å²) >= 11 is 0. The lowest BCUT2D eigenvalue weighted by Crippen LogP contribution is -2.27. The molecule has 0 spiro atoms. The van der Waals surface area contributed by atoms with E-state index in [0.717, 1.165) is 11.4 Å². The molecule has 19 heavy (non-hydrogen) atoms. The average Bonchev–Trinajstić information content (AvgIpc) is 2.80. The topological polar surface area (TPSA) is 63.1 Å². The molecule has 0 saturated heterocycles. The molecule has 0 atom stereocenters.